The molecule has 0 aliphatic heterocycles. The number of hydrogen-bond acceptors (Lipinski definition) is 4. The summed E-state index contributed by atoms with van der Waals surface area (Å²) in [5, 5.41) is 2.88. The number of aryl methyl sites for hydroxylation is 3. The first kappa shape index (κ1) is 26.3. The Bertz CT molecular complexity index is 1220. The zero-order valence-electron chi connectivity index (χ0n) is 20.8. The summed E-state index contributed by atoms with van der Waals surface area (Å²) in [4.78, 5) is 13.0. The van der Waals surface area contributed by atoms with Gasteiger partial charge in [0, 0.05) is 6.54 Å². The van der Waals surface area contributed by atoms with E-state index in [0.717, 1.165) is 35.3 Å². The molecule has 0 aliphatic carbocycles. The number of amides is 1. The Morgan fingerprint density at radius 1 is 0.943 bits per heavy atom. The van der Waals surface area contributed by atoms with Crippen LogP contribution in [0.25, 0.3) is 0 Å². The van der Waals surface area contributed by atoms with Crippen molar-refractivity contribution in [1.82, 2.24) is 5.32 Å². The molecule has 6 nitrogen and oxygen atoms in total. The van der Waals surface area contributed by atoms with Crippen LogP contribution in [0, 0.1) is 13.8 Å². The average molecular weight is 495 g/mol. The Balaban J connectivity index is 1.67. The number of carbonyl (C=O) groups excluding carboxylic acids is 1. The van der Waals surface area contributed by atoms with E-state index in [1.54, 1.807) is 42.5 Å². The number of anilines is 1. The first-order valence-electron chi connectivity index (χ1n) is 11.8. The summed E-state index contributed by atoms with van der Waals surface area (Å²) >= 11 is 0. The zero-order valence-corrected chi connectivity index (χ0v) is 21.6. The minimum absolute atomic E-state index is 0.108. The quantitative estimate of drug-likeness (QED) is 0.379. The highest BCUT2D eigenvalue weighted by Gasteiger charge is 2.27. The maximum atomic E-state index is 13.4. The fraction of sp³-hybridized carbons (Fsp3) is 0.321. The highest BCUT2D eigenvalue weighted by atomic mass is 32.2. The van der Waals surface area contributed by atoms with Gasteiger partial charge in [-0.1, -0.05) is 36.4 Å². The number of hydrogen-bond donors (Lipinski definition) is 1. The molecule has 0 bridgehead atoms. The Morgan fingerprint density at radius 2 is 1.63 bits per heavy atom. The SMILES string of the molecule is Cc1cc(C)cc(N(CC(=O)NCCCc2cccc(OC(C)C)c2)S(=O)(=O)c2ccccc2)c1. The van der Waals surface area contributed by atoms with E-state index in [2.05, 4.69) is 5.32 Å². The molecule has 0 saturated carbocycles. The first-order valence-corrected chi connectivity index (χ1v) is 13.3. The van der Waals surface area contributed by atoms with Gasteiger partial charge in [0.15, 0.2) is 0 Å². The topological polar surface area (TPSA) is 75.7 Å². The van der Waals surface area contributed by atoms with E-state index in [0.29, 0.717) is 12.2 Å². The molecule has 1 N–H and O–H groups in total. The van der Waals surface area contributed by atoms with Gasteiger partial charge >= 0.3 is 0 Å². The highest BCUT2D eigenvalue weighted by Crippen LogP contribution is 2.25. The highest BCUT2D eigenvalue weighted by molar-refractivity contribution is 7.92. The molecule has 0 fully saturated rings. The predicted molar refractivity (Wildman–Crippen MR) is 140 cm³/mol. The van der Waals surface area contributed by atoms with Crippen molar-refractivity contribution in [2.45, 2.75) is 51.5 Å². The van der Waals surface area contributed by atoms with Crippen LogP contribution in [0.1, 0.15) is 37.0 Å². The second-order valence-corrected chi connectivity index (χ2v) is 10.8. The van der Waals surface area contributed by atoms with Crippen molar-refractivity contribution in [3.05, 3.63) is 89.5 Å². The number of benzene rings is 3. The van der Waals surface area contributed by atoms with Crippen LogP contribution in [-0.4, -0.2) is 33.5 Å². The van der Waals surface area contributed by atoms with Crippen molar-refractivity contribution in [3.63, 3.8) is 0 Å². The van der Waals surface area contributed by atoms with Gasteiger partial charge in [-0.2, -0.15) is 0 Å². The molecule has 7 heteroatoms. The second-order valence-electron chi connectivity index (χ2n) is 8.94. The maximum Gasteiger partial charge on any atom is 0.264 e. The van der Waals surface area contributed by atoms with Crippen LogP contribution in [-0.2, 0) is 21.2 Å². The van der Waals surface area contributed by atoms with Crippen LogP contribution in [0.3, 0.4) is 0 Å². The van der Waals surface area contributed by atoms with E-state index in [1.165, 1.54) is 4.31 Å². The Labute approximate surface area is 209 Å². The van der Waals surface area contributed by atoms with Crippen LogP contribution >= 0.6 is 0 Å². The molecule has 1 amide bonds. The third-order valence-corrected chi connectivity index (χ3v) is 7.14. The molecular weight excluding hydrogens is 460 g/mol. The van der Waals surface area contributed by atoms with E-state index in [4.69, 9.17) is 4.74 Å². The lowest BCUT2D eigenvalue weighted by atomic mass is 10.1. The molecule has 3 rings (SSSR count). The number of carbonyl (C=O) groups is 1. The van der Waals surface area contributed by atoms with E-state index >= 15 is 0 Å². The maximum absolute atomic E-state index is 13.4. The molecule has 0 spiro atoms. The fourth-order valence-corrected chi connectivity index (χ4v) is 5.31. The van der Waals surface area contributed by atoms with Gasteiger partial charge in [-0.05, 0) is 93.6 Å². The van der Waals surface area contributed by atoms with Crippen LogP contribution in [0.2, 0.25) is 0 Å². The molecule has 0 unspecified atom stereocenters. The minimum atomic E-state index is -3.91. The number of rotatable bonds is 11. The summed E-state index contributed by atoms with van der Waals surface area (Å²) in [7, 11) is -3.91. The molecule has 0 saturated heterocycles. The van der Waals surface area contributed by atoms with Crippen molar-refractivity contribution in [2.75, 3.05) is 17.4 Å². The summed E-state index contributed by atoms with van der Waals surface area (Å²) in [5.41, 5.74) is 3.46. The number of ether oxygens (including phenoxy) is 1. The average Bonchev–Trinajstić information content (AvgIpc) is 2.80. The molecule has 186 valence electrons. The van der Waals surface area contributed by atoms with Crippen LogP contribution in [0.15, 0.2) is 77.7 Å². The van der Waals surface area contributed by atoms with Crippen molar-refractivity contribution in [3.8, 4) is 5.75 Å². The molecule has 3 aromatic carbocycles. The molecular formula is C28H34N2O4S. The third kappa shape index (κ3) is 7.59. The van der Waals surface area contributed by atoms with E-state index < -0.39 is 10.0 Å². The van der Waals surface area contributed by atoms with Gasteiger partial charge in [0.25, 0.3) is 10.0 Å². The summed E-state index contributed by atoms with van der Waals surface area (Å²) in [6, 6.07) is 21.7. The molecule has 0 aliphatic rings. The molecule has 0 radical (unpaired) electrons. The van der Waals surface area contributed by atoms with Gasteiger partial charge in [0.1, 0.15) is 12.3 Å². The van der Waals surface area contributed by atoms with E-state index in [9.17, 15) is 13.2 Å². The van der Waals surface area contributed by atoms with Crippen molar-refractivity contribution in [2.24, 2.45) is 0 Å². The lowest BCUT2D eigenvalue weighted by Crippen LogP contribution is -2.41. The molecule has 0 atom stereocenters. The van der Waals surface area contributed by atoms with Crippen molar-refractivity contribution in [1.29, 1.82) is 0 Å². The van der Waals surface area contributed by atoms with Crippen LogP contribution in [0.4, 0.5) is 5.69 Å². The first-order chi connectivity index (χ1) is 16.6. The Morgan fingerprint density at radius 3 is 2.29 bits per heavy atom. The fourth-order valence-electron chi connectivity index (χ4n) is 3.88. The second kappa shape index (κ2) is 11.9. The molecule has 35 heavy (non-hydrogen) atoms. The molecule has 0 heterocycles. The van der Waals surface area contributed by atoms with E-state index in [1.807, 2.05) is 58.0 Å². The largest absolute Gasteiger partial charge is 0.491 e. The van der Waals surface area contributed by atoms with E-state index in [-0.39, 0.29) is 23.5 Å². The van der Waals surface area contributed by atoms with Gasteiger partial charge in [-0.15, -0.1) is 0 Å². The summed E-state index contributed by atoms with van der Waals surface area (Å²) in [6.45, 7) is 7.94. The van der Waals surface area contributed by atoms with Gasteiger partial charge < -0.3 is 10.1 Å². The summed E-state index contributed by atoms with van der Waals surface area (Å²) in [5.74, 6) is 0.484. The number of nitrogens with one attached hydrogen (secondary N) is 1. The Hall–Kier alpha value is -3.32. The predicted octanol–water partition coefficient (Wildman–Crippen LogP) is 5.03. The third-order valence-electron chi connectivity index (χ3n) is 5.35. The zero-order chi connectivity index (χ0) is 25.4. The number of nitrogens with zero attached hydrogens (tertiary/aromatic N) is 1. The van der Waals surface area contributed by atoms with Gasteiger partial charge in [0.05, 0.1) is 16.7 Å². The Kier molecular flexibility index (Phi) is 8.93. The van der Waals surface area contributed by atoms with Gasteiger partial charge in [0.2, 0.25) is 5.91 Å². The van der Waals surface area contributed by atoms with Crippen molar-refractivity contribution < 1.29 is 17.9 Å². The standard InChI is InChI=1S/C28H34N2O4S/c1-21(2)34-26-12-8-10-24(19-26)11-9-15-29-28(31)20-30(25-17-22(3)16-23(4)18-25)35(32,33)27-13-6-5-7-14-27/h5-8,10,12-14,16-19,21H,9,11,15,20H2,1-4H3,(H,29,31). The monoisotopic (exact) mass is 494 g/mol. The number of sulfonamides is 1. The van der Waals surface area contributed by atoms with Crippen LogP contribution < -0.4 is 14.4 Å². The molecule has 0 aromatic heterocycles. The molecule has 3 aromatic rings. The summed E-state index contributed by atoms with van der Waals surface area (Å²) < 4.78 is 33.8. The van der Waals surface area contributed by atoms with Crippen LogP contribution in [0.5, 0.6) is 5.75 Å². The smallest absolute Gasteiger partial charge is 0.264 e. The van der Waals surface area contributed by atoms with Gasteiger partial charge in [-0.3, -0.25) is 9.10 Å². The normalized spacial score (nSPS) is 11.3. The summed E-state index contributed by atoms with van der Waals surface area (Å²) in [6.07, 6.45) is 1.61. The van der Waals surface area contributed by atoms with Crippen molar-refractivity contribution >= 4 is 21.6 Å². The minimum Gasteiger partial charge on any atom is -0.491 e. The lowest BCUT2D eigenvalue weighted by Gasteiger charge is -2.25. The lowest BCUT2D eigenvalue weighted by molar-refractivity contribution is -0.119. The van der Waals surface area contributed by atoms with Gasteiger partial charge in [-0.25, -0.2) is 8.42 Å².